The van der Waals surface area contributed by atoms with Crippen LogP contribution in [0, 0.1) is 0 Å². The number of hydrogen-bond donors (Lipinski definition) is 1. The largest absolute Gasteiger partial charge is 0.386 e. The molecule has 15 heavy (non-hydrogen) atoms. The predicted molar refractivity (Wildman–Crippen MR) is 65.0 cm³/mol. The van der Waals surface area contributed by atoms with Gasteiger partial charge < -0.3 is 10.6 Å². The second-order valence-corrected chi connectivity index (χ2v) is 4.21. The molecular formula is C11H22N4. The van der Waals surface area contributed by atoms with Gasteiger partial charge in [0, 0.05) is 32.2 Å². The molecule has 1 heterocycles. The lowest BCUT2D eigenvalue weighted by molar-refractivity contribution is 0.187. The van der Waals surface area contributed by atoms with Crippen LogP contribution in [0.2, 0.25) is 0 Å². The topological polar surface area (TPSA) is 44.9 Å². The number of hydrogen-bond acceptors (Lipinski definition) is 3. The molecule has 0 amide bonds. The molecule has 0 radical (unpaired) electrons. The van der Waals surface area contributed by atoms with Crippen molar-refractivity contribution in [2.45, 2.75) is 19.9 Å². The van der Waals surface area contributed by atoms with Crippen LogP contribution in [0.25, 0.3) is 0 Å². The third-order valence-electron chi connectivity index (χ3n) is 2.47. The minimum atomic E-state index is 0.291. The van der Waals surface area contributed by atoms with Crippen LogP contribution in [0.3, 0.4) is 0 Å². The Morgan fingerprint density at radius 2 is 2.00 bits per heavy atom. The van der Waals surface area contributed by atoms with Crippen LogP contribution in [-0.2, 0) is 0 Å². The number of piperazine rings is 1. The average Bonchev–Trinajstić information content (AvgIpc) is 2.17. The highest BCUT2D eigenvalue weighted by atomic mass is 15.3. The standard InChI is InChI=1S/C11H22N4/c1-4-14-5-7-15(8-6-14)9-11(12)13-10(2)3/h4,10H,1,5-9H2,2-3H3,(H2,12,13). The molecular weight excluding hydrogens is 188 g/mol. The first kappa shape index (κ1) is 12.0. The first-order valence-electron chi connectivity index (χ1n) is 5.53. The Morgan fingerprint density at radius 3 is 2.47 bits per heavy atom. The minimum absolute atomic E-state index is 0.291. The highest BCUT2D eigenvalue weighted by molar-refractivity contribution is 5.82. The highest BCUT2D eigenvalue weighted by Gasteiger charge is 2.14. The van der Waals surface area contributed by atoms with Gasteiger partial charge in [0.1, 0.15) is 5.84 Å². The third-order valence-corrected chi connectivity index (χ3v) is 2.47. The minimum Gasteiger partial charge on any atom is -0.386 e. The summed E-state index contributed by atoms with van der Waals surface area (Å²) in [6.45, 7) is 12.8. The molecule has 0 saturated carbocycles. The van der Waals surface area contributed by atoms with E-state index in [1.165, 1.54) is 0 Å². The van der Waals surface area contributed by atoms with Crippen LogP contribution in [0.5, 0.6) is 0 Å². The normalized spacial score (nSPS) is 19.7. The summed E-state index contributed by atoms with van der Waals surface area (Å²) in [5, 5.41) is 0. The molecule has 4 heteroatoms. The number of nitrogens with zero attached hydrogens (tertiary/aromatic N) is 3. The highest BCUT2D eigenvalue weighted by Crippen LogP contribution is 2.01. The van der Waals surface area contributed by atoms with E-state index in [1.807, 2.05) is 20.0 Å². The Kier molecular flexibility index (Phi) is 4.62. The summed E-state index contributed by atoms with van der Waals surface area (Å²) in [6.07, 6.45) is 1.91. The van der Waals surface area contributed by atoms with E-state index >= 15 is 0 Å². The van der Waals surface area contributed by atoms with Crippen LogP contribution in [-0.4, -0.2) is 54.4 Å². The van der Waals surface area contributed by atoms with Crippen LogP contribution in [0.15, 0.2) is 17.8 Å². The fourth-order valence-corrected chi connectivity index (χ4v) is 1.71. The van der Waals surface area contributed by atoms with E-state index in [0.29, 0.717) is 6.04 Å². The molecule has 0 aromatic rings. The Bertz CT molecular complexity index is 227. The van der Waals surface area contributed by atoms with Crippen LogP contribution >= 0.6 is 0 Å². The molecule has 0 aliphatic carbocycles. The molecule has 0 aromatic carbocycles. The summed E-state index contributed by atoms with van der Waals surface area (Å²) < 4.78 is 0. The molecule has 1 saturated heterocycles. The van der Waals surface area contributed by atoms with Gasteiger partial charge in [-0.25, -0.2) is 0 Å². The lowest BCUT2D eigenvalue weighted by Gasteiger charge is -2.33. The van der Waals surface area contributed by atoms with E-state index in [9.17, 15) is 0 Å². The molecule has 0 aromatic heterocycles. The van der Waals surface area contributed by atoms with Gasteiger partial charge in [-0.1, -0.05) is 6.58 Å². The summed E-state index contributed by atoms with van der Waals surface area (Å²) >= 11 is 0. The number of aliphatic imine (C=N–C) groups is 1. The lowest BCUT2D eigenvalue weighted by Crippen LogP contribution is -2.47. The fourth-order valence-electron chi connectivity index (χ4n) is 1.71. The van der Waals surface area contributed by atoms with Gasteiger partial charge in [0.15, 0.2) is 0 Å². The van der Waals surface area contributed by atoms with Gasteiger partial charge in [0.05, 0.1) is 6.54 Å². The predicted octanol–water partition coefficient (Wildman–Crippen LogP) is 0.513. The summed E-state index contributed by atoms with van der Waals surface area (Å²) in [7, 11) is 0. The SMILES string of the molecule is C=CN1CCN(CC(N)=NC(C)C)CC1. The van der Waals surface area contributed by atoms with E-state index in [0.717, 1.165) is 38.6 Å². The van der Waals surface area contributed by atoms with Crippen molar-refractivity contribution in [3.63, 3.8) is 0 Å². The Hall–Kier alpha value is -1.03. The molecule has 1 aliphatic rings. The van der Waals surface area contributed by atoms with Gasteiger partial charge in [0.2, 0.25) is 0 Å². The molecule has 0 spiro atoms. The molecule has 0 bridgehead atoms. The summed E-state index contributed by atoms with van der Waals surface area (Å²) in [5.74, 6) is 0.747. The van der Waals surface area contributed by atoms with Gasteiger partial charge in [-0.05, 0) is 20.0 Å². The van der Waals surface area contributed by atoms with Gasteiger partial charge in [0.25, 0.3) is 0 Å². The first-order chi connectivity index (χ1) is 7.11. The van der Waals surface area contributed by atoms with Gasteiger partial charge >= 0.3 is 0 Å². The number of nitrogens with two attached hydrogens (primary N) is 1. The summed E-state index contributed by atoms with van der Waals surface area (Å²) in [4.78, 5) is 8.89. The molecule has 1 rings (SSSR count). The van der Waals surface area contributed by atoms with Crippen LogP contribution in [0.4, 0.5) is 0 Å². The van der Waals surface area contributed by atoms with Gasteiger partial charge in [-0.3, -0.25) is 9.89 Å². The van der Waals surface area contributed by atoms with Crippen molar-refractivity contribution in [1.82, 2.24) is 9.80 Å². The maximum absolute atomic E-state index is 5.85. The molecule has 0 atom stereocenters. The van der Waals surface area contributed by atoms with Crippen LogP contribution < -0.4 is 5.73 Å². The molecule has 1 aliphatic heterocycles. The molecule has 4 nitrogen and oxygen atoms in total. The molecule has 2 N–H and O–H groups in total. The van der Waals surface area contributed by atoms with E-state index in [1.54, 1.807) is 0 Å². The van der Waals surface area contributed by atoms with Crippen molar-refractivity contribution in [3.8, 4) is 0 Å². The zero-order chi connectivity index (χ0) is 11.3. The van der Waals surface area contributed by atoms with Crippen molar-refractivity contribution in [2.75, 3.05) is 32.7 Å². The Labute approximate surface area is 92.4 Å². The zero-order valence-electron chi connectivity index (χ0n) is 9.82. The molecule has 0 unspecified atom stereocenters. The smallest absolute Gasteiger partial charge is 0.108 e. The Balaban J connectivity index is 2.32. The van der Waals surface area contributed by atoms with E-state index in [4.69, 9.17) is 5.73 Å². The van der Waals surface area contributed by atoms with Crippen molar-refractivity contribution in [1.29, 1.82) is 0 Å². The van der Waals surface area contributed by atoms with Gasteiger partial charge in [-0.2, -0.15) is 0 Å². The van der Waals surface area contributed by atoms with Crippen molar-refractivity contribution in [2.24, 2.45) is 10.7 Å². The second-order valence-electron chi connectivity index (χ2n) is 4.21. The molecule has 86 valence electrons. The number of rotatable bonds is 4. The third kappa shape index (κ3) is 4.34. The summed E-state index contributed by atoms with van der Waals surface area (Å²) in [5.41, 5.74) is 5.85. The monoisotopic (exact) mass is 210 g/mol. The fraction of sp³-hybridized carbons (Fsp3) is 0.727. The summed E-state index contributed by atoms with van der Waals surface area (Å²) in [6, 6.07) is 0.291. The quantitative estimate of drug-likeness (QED) is 0.543. The van der Waals surface area contributed by atoms with Crippen LogP contribution in [0.1, 0.15) is 13.8 Å². The van der Waals surface area contributed by atoms with E-state index in [2.05, 4.69) is 21.4 Å². The first-order valence-corrected chi connectivity index (χ1v) is 5.53. The average molecular weight is 210 g/mol. The van der Waals surface area contributed by atoms with Crippen molar-refractivity contribution in [3.05, 3.63) is 12.8 Å². The maximum atomic E-state index is 5.85. The van der Waals surface area contributed by atoms with Gasteiger partial charge in [-0.15, -0.1) is 0 Å². The zero-order valence-corrected chi connectivity index (χ0v) is 9.82. The van der Waals surface area contributed by atoms with E-state index < -0.39 is 0 Å². The molecule has 1 fully saturated rings. The maximum Gasteiger partial charge on any atom is 0.108 e. The van der Waals surface area contributed by atoms with E-state index in [-0.39, 0.29) is 0 Å². The van der Waals surface area contributed by atoms with Crippen molar-refractivity contribution >= 4 is 5.84 Å². The number of amidine groups is 1. The Morgan fingerprint density at radius 1 is 1.40 bits per heavy atom. The van der Waals surface area contributed by atoms with Crippen molar-refractivity contribution < 1.29 is 0 Å². The lowest BCUT2D eigenvalue weighted by atomic mass is 10.3. The second kappa shape index (κ2) is 5.75.